The molecule has 0 radical (unpaired) electrons. The molecule has 0 unspecified atom stereocenters. The number of nitrogens with zero attached hydrogens (tertiary/aromatic N) is 1. The molecule has 38 heavy (non-hydrogen) atoms. The van der Waals surface area contributed by atoms with Gasteiger partial charge in [-0.25, -0.2) is 4.79 Å². The van der Waals surface area contributed by atoms with Gasteiger partial charge < -0.3 is 36.8 Å². The van der Waals surface area contributed by atoms with Crippen molar-refractivity contribution in [3.63, 3.8) is 0 Å². The molecule has 0 bridgehead atoms. The van der Waals surface area contributed by atoms with Crippen molar-refractivity contribution in [3.05, 3.63) is 0 Å². The largest absolute Gasteiger partial charge is 0.365 e. The number of likely N-dealkylation sites (tertiary alicyclic amines) is 1. The number of primary amides is 1. The van der Waals surface area contributed by atoms with Gasteiger partial charge in [-0.15, -0.1) is 0 Å². The second kappa shape index (κ2) is 9.97. The lowest BCUT2D eigenvalue weighted by Gasteiger charge is -2.39. The lowest BCUT2D eigenvalue weighted by molar-refractivity contribution is -0.196. The Labute approximate surface area is 225 Å². The van der Waals surface area contributed by atoms with E-state index in [2.05, 4.69) is 16.0 Å². The minimum Gasteiger partial charge on any atom is -0.365 e. The van der Waals surface area contributed by atoms with Gasteiger partial charge in [-0.1, -0.05) is 53.9 Å². The molecule has 0 aromatic carbocycles. The predicted molar refractivity (Wildman–Crippen MR) is 141 cm³/mol. The first kappa shape index (κ1) is 30.1. The SMILES string of the molecule is CC(C)(C)NC(=O)N[C@H](C(=O)N1C[C@H]2[C@@H]([C@H]1C(=O)N[C@@H](CC1CCC1)C(O)(O)C(N)=O)C2(C)C)C(C)(C)C. The van der Waals surface area contributed by atoms with Gasteiger partial charge in [-0.2, -0.15) is 0 Å². The van der Waals surface area contributed by atoms with Gasteiger partial charge in [0.2, 0.25) is 11.8 Å². The van der Waals surface area contributed by atoms with E-state index < -0.39 is 52.7 Å². The second-order valence-electron chi connectivity index (χ2n) is 14.2. The number of piperidine rings is 1. The van der Waals surface area contributed by atoms with Crippen LogP contribution >= 0.6 is 0 Å². The van der Waals surface area contributed by atoms with Crippen LogP contribution in [0.25, 0.3) is 0 Å². The molecule has 0 aromatic heterocycles. The fourth-order valence-corrected chi connectivity index (χ4v) is 5.95. The Morgan fingerprint density at radius 2 is 1.61 bits per heavy atom. The minimum absolute atomic E-state index is 0.0838. The molecule has 3 fully saturated rings. The standard InChI is InChI=1S/C27H47N5O6/c1-24(2,3)19(30-23(36)31-25(4,5)6)21(34)32-13-15-17(26(15,7)8)18(32)20(33)29-16(12-14-10-9-11-14)27(37,38)22(28)35/h14-19,37-38H,9-13H2,1-8H3,(H2,28,35)(H,29,33)(H2,30,31,36)/t15-,16-,17-,18-,19+/m0/s1. The summed E-state index contributed by atoms with van der Waals surface area (Å²) in [5.41, 5.74) is 3.92. The molecule has 5 atom stereocenters. The average Bonchev–Trinajstić information content (AvgIpc) is 3.05. The zero-order valence-electron chi connectivity index (χ0n) is 24.1. The van der Waals surface area contributed by atoms with Crippen LogP contribution in [-0.4, -0.2) is 74.9 Å². The van der Waals surface area contributed by atoms with E-state index in [1.807, 2.05) is 55.4 Å². The number of carbonyl (C=O) groups is 4. The van der Waals surface area contributed by atoms with Crippen molar-refractivity contribution in [2.75, 3.05) is 6.54 Å². The van der Waals surface area contributed by atoms with E-state index in [-0.39, 0.29) is 35.5 Å². The molecule has 2 saturated carbocycles. The molecule has 1 saturated heterocycles. The molecule has 5 amide bonds. The van der Waals surface area contributed by atoms with Gasteiger partial charge in [0.15, 0.2) is 0 Å². The highest BCUT2D eigenvalue weighted by Crippen LogP contribution is 2.65. The van der Waals surface area contributed by atoms with Crippen molar-refractivity contribution in [2.45, 2.75) is 111 Å². The molecular weight excluding hydrogens is 490 g/mol. The van der Waals surface area contributed by atoms with Crippen molar-refractivity contribution in [1.82, 2.24) is 20.9 Å². The summed E-state index contributed by atoms with van der Waals surface area (Å²) in [7, 11) is 0. The summed E-state index contributed by atoms with van der Waals surface area (Å²) >= 11 is 0. The number of rotatable bonds is 8. The molecule has 216 valence electrons. The summed E-state index contributed by atoms with van der Waals surface area (Å²) in [6, 6.07) is -3.58. The van der Waals surface area contributed by atoms with Crippen molar-refractivity contribution in [3.8, 4) is 0 Å². The van der Waals surface area contributed by atoms with Gasteiger partial charge in [0, 0.05) is 12.1 Å². The van der Waals surface area contributed by atoms with Gasteiger partial charge in [-0.3, -0.25) is 14.4 Å². The summed E-state index contributed by atoms with van der Waals surface area (Å²) < 4.78 is 0. The van der Waals surface area contributed by atoms with E-state index in [0.717, 1.165) is 19.3 Å². The maximum atomic E-state index is 13.9. The van der Waals surface area contributed by atoms with Crippen LogP contribution in [0, 0.1) is 28.6 Å². The molecule has 0 spiro atoms. The van der Waals surface area contributed by atoms with Crippen LogP contribution in [0.4, 0.5) is 4.79 Å². The number of carbonyl (C=O) groups excluding carboxylic acids is 4. The molecule has 0 aromatic rings. The average molecular weight is 538 g/mol. The fraction of sp³-hybridized carbons (Fsp3) is 0.852. The highest BCUT2D eigenvalue weighted by Gasteiger charge is 2.70. The fourth-order valence-electron chi connectivity index (χ4n) is 5.95. The third-order valence-electron chi connectivity index (χ3n) is 8.60. The maximum absolute atomic E-state index is 13.9. The van der Waals surface area contributed by atoms with Crippen LogP contribution in [-0.2, 0) is 14.4 Å². The van der Waals surface area contributed by atoms with Gasteiger partial charge in [0.1, 0.15) is 12.1 Å². The molecule has 1 heterocycles. The Bertz CT molecular complexity index is 962. The number of hydrogen-bond acceptors (Lipinski definition) is 6. The number of aliphatic hydroxyl groups is 2. The van der Waals surface area contributed by atoms with Crippen molar-refractivity contribution in [2.24, 2.45) is 34.3 Å². The van der Waals surface area contributed by atoms with E-state index >= 15 is 0 Å². The van der Waals surface area contributed by atoms with E-state index in [4.69, 9.17) is 5.73 Å². The number of nitrogens with one attached hydrogen (secondary N) is 3. The predicted octanol–water partition coefficient (Wildman–Crippen LogP) is 0.823. The van der Waals surface area contributed by atoms with Crippen LogP contribution in [0.1, 0.15) is 81.1 Å². The number of amides is 5. The number of urea groups is 1. The normalized spacial score (nSPS) is 26.5. The van der Waals surface area contributed by atoms with E-state index in [1.54, 1.807) is 0 Å². The third-order valence-corrected chi connectivity index (χ3v) is 8.60. The molecule has 2 aliphatic carbocycles. The summed E-state index contributed by atoms with van der Waals surface area (Å²) in [4.78, 5) is 53.8. The van der Waals surface area contributed by atoms with Gasteiger partial charge in [0.05, 0.1) is 6.04 Å². The zero-order valence-corrected chi connectivity index (χ0v) is 24.1. The zero-order chi connectivity index (χ0) is 29.0. The molecule has 3 rings (SSSR count). The lowest BCUT2D eigenvalue weighted by Crippen LogP contribution is -2.64. The highest BCUT2D eigenvalue weighted by molar-refractivity contribution is 5.94. The Morgan fingerprint density at radius 1 is 1.03 bits per heavy atom. The maximum Gasteiger partial charge on any atom is 0.315 e. The van der Waals surface area contributed by atoms with Crippen molar-refractivity contribution in [1.29, 1.82) is 0 Å². The highest BCUT2D eigenvalue weighted by atomic mass is 16.5. The Kier molecular flexibility index (Phi) is 7.91. The lowest BCUT2D eigenvalue weighted by atomic mass is 9.79. The number of hydrogen-bond donors (Lipinski definition) is 6. The first-order valence-corrected chi connectivity index (χ1v) is 13.6. The molecule has 3 aliphatic rings. The van der Waals surface area contributed by atoms with Crippen LogP contribution in [0.2, 0.25) is 0 Å². The van der Waals surface area contributed by atoms with Gasteiger partial charge >= 0.3 is 6.03 Å². The van der Waals surface area contributed by atoms with Crippen LogP contribution in [0.15, 0.2) is 0 Å². The second-order valence-corrected chi connectivity index (χ2v) is 14.2. The summed E-state index contributed by atoms with van der Waals surface area (Å²) in [6.07, 6.45) is 2.92. The molecule has 7 N–H and O–H groups in total. The van der Waals surface area contributed by atoms with Crippen LogP contribution < -0.4 is 21.7 Å². The smallest absolute Gasteiger partial charge is 0.315 e. The first-order valence-electron chi connectivity index (χ1n) is 13.6. The van der Waals surface area contributed by atoms with Crippen molar-refractivity contribution >= 4 is 23.8 Å². The quantitative estimate of drug-likeness (QED) is 0.250. The van der Waals surface area contributed by atoms with E-state index in [9.17, 15) is 29.4 Å². The van der Waals surface area contributed by atoms with Gasteiger partial charge in [0.25, 0.3) is 11.7 Å². The molecule has 11 heteroatoms. The molecule has 11 nitrogen and oxygen atoms in total. The summed E-state index contributed by atoms with van der Waals surface area (Å²) in [5.74, 6) is -5.11. The number of nitrogens with two attached hydrogens (primary N) is 1. The first-order chi connectivity index (χ1) is 17.2. The topological polar surface area (TPSA) is 174 Å². The Morgan fingerprint density at radius 3 is 2.05 bits per heavy atom. The summed E-state index contributed by atoms with van der Waals surface area (Å²) in [5, 5.41) is 29.3. The molecule has 1 aliphatic heterocycles. The minimum atomic E-state index is -2.92. The molecular formula is C27H47N5O6. The third kappa shape index (κ3) is 6.09. The van der Waals surface area contributed by atoms with Crippen molar-refractivity contribution < 1.29 is 29.4 Å². The Balaban J connectivity index is 1.86. The number of fused-ring (bicyclic) bond motifs is 1. The Hall–Kier alpha value is -2.40. The van der Waals surface area contributed by atoms with Crippen LogP contribution in [0.5, 0.6) is 0 Å². The van der Waals surface area contributed by atoms with E-state index in [0.29, 0.717) is 6.54 Å². The monoisotopic (exact) mass is 537 g/mol. The summed E-state index contributed by atoms with van der Waals surface area (Å²) in [6.45, 7) is 15.5. The van der Waals surface area contributed by atoms with Gasteiger partial charge in [-0.05, 0) is 55.8 Å². The van der Waals surface area contributed by atoms with E-state index in [1.165, 1.54) is 4.90 Å². The van der Waals surface area contributed by atoms with Crippen LogP contribution in [0.3, 0.4) is 0 Å².